The molecule has 3 nitrogen and oxygen atoms in total. The molecule has 1 rings (SSSR count). The van der Waals surface area contributed by atoms with E-state index in [1.807, 2.05) is 0 Å². The Bertz CT molecular complexity index is 107. The average Bonchev–Trinajstić information content (AvgIpc) is 2.50. The van der Waals surface area contributed by atoms with Gasteiger partial charge in [0, 0.05) is 13.2 Å². The molecule has 126 valence electrons. The minimum absolute atomic E-state index is 0.873. The second-order valence-electron chi connectivity index (χ2n) is 6.36. The Morgan fingerprint density at radius 3 is 1.38 bits per heavy atom. The van der Waals surface area contributed by atoms with Crippen LogP contribution in [0.4, 0.5) is 0 Å². The first-order chi connectivity index (χ1) is 10.5. The van der Waals surface area contributed by atoms with Gasteiger partial charge in [-0.25, -0.2) is 0 Å². The third kappa shape index (κ3) is 14.6. The van der Waals surface area contributed by atoms with E-state index in [2.05, 4.69) is 10.6 Å². The van der Waals surface area contributed by atoms with Crippen molar-refractivity contribution in [3.05, 3.63) is 0 Å². The topological polar surface area (TPSA) is 33.3 Å². The molecule has 1 aliphatic heterocycles. The minimum Gasteiger partial charge on any atom is -0.380 e. The first-order valence-electron chi connectivity index (χ1n) is 9.49. The van der Waals surface area contributed by atoms with E-state index in [1.54, 1.807) is 0 Å². The maximum Gasteiger partial charge on any atom is 0.0590 e. The van der Waals surface area contributed by atoms with E-state index in [1.165, 1.54) is 90.1 Å². The molecule has 0 aliphatic carbocycles. The Balaban J connectivity index is 2.00. The molecule has 3 heteroatoms. The zero-order valence-corrected chi connectivity index (χ0v) is 14.1. The van der Waals surface area contributed by atoms with Crippen LogP contribution in [0.2, 0.25) is 0 Å². The van der Waals surface area contributed by atoms with Crippen molar-refractivity contribution in [2.75, 3.05) is 39.4 Å². The van der Waals surface area contributed by atoms with Gasteiger partial charge in [0.15, 0.2) is 0 Å². The molecule has 0 saturated carbocycles. The minimum atomic E-state index is 0.873. The van der Waals surface area contributed by atoms with Crippen molar-refractivity contribution in [3.8, 4) is 0 Å². The number of rotatable bonds is 0. The van der Waals surface area contributed by atoms with Crippen LogP contribution in [0.5, 0.6) is 0 Å². The van der Waals surface area contributed by atoms with E-state index in [9.17, 15) is 0 Å². The Kier molecular flexibility index (Phi) is 14.7. The summed E-state index contributed by atoms with van der Waals surface area (Å²) < 4.78 is 5.65. The second kappa shape index (κ2) is 16.3. The van der Waals surface area contributed by atoms with E-state index in [0.717, 1.165) is 26.3 Å². The summed E-state index contributed by atoms with van der Waals surface area (Å²) in [6, 6.07) is 0. The molecule has 0 aromatic heterocycles. The van der Waals surface area contributed by atoms with Crippen molar-refractivity contribution in [3.63, 3.8) is 0 Å². The van der Waals surface area contributed by atoms with Gasteiger partial charge in [0.25, 0.3) is 0 Å². The fraction of sp³-hybridized carbons (Fsp3) is 1.00. The number of hydrogen-bond donors (Lipinski definition) is 2. The molecule has 0 aromatic rings. The summed E-state index contributed by atoms with van der Waals surface area (Å²) in [4.78, 5) is 0. The van der Waals surface area contributed by atoms with Crippen LogP contribution >= 0.6 is 0 Å². The van der Waals surface area contributed by atoms with E-state index >= 15 is 0 Å². The van der Waals surface area contributed by atoms with E-state index in [0.29, 0.717) is 0 Å². The highest BCUT2D eigenvalue weighted by molar-refractivity contribution is 4.53. The van der Waals surface area contributed by atoms with Crippen LogP contribution in [-0.2, 0) is 4.74 Å². The number of nitrogens with one attached hydrogen (secondary N) is 2. The largest absolute Gasteiger partial charge is 0.380 e. The number of hydrogen-bond acceptors (Lipinski definition) is 3. The third-order valence-electron chi connectivity index (χ3n) is 4.27. The summed E-state index contributed by atoms with van der Waals surface area (Å²) in [6.45, 7) is 6.38. The van der Waals surface area contributed by atoms with Gasteiger partial charge in [-0.3, -0.25) is 0 Å². The van der Waals surface area contributed by atoms with Crippen LogP contribution < -0.4 is 10.6 Å². The molecule has 0 amide bonds. The van der Waals surface area contributed by atoms with Crippen LogP contribution in [0, 0.1) is 0 Å². The Morgan fingerprint density at radius 2 is 0.810 bits per heavy atom. The summed E-state index contributed by atoms with van der Waals surface area (Å²) in [5.41, 5.74) is 0. The Morgan fingerprint density at radius 1 is 0.381 bits per heavy atom. The fourth-order valence-corrected chi connectivity index (χ4v) is 2.86. The molecule has 1 fully saturated rings. The summed E-state index contributed by atoms with van der Waals surface area (Å²) in [5.74, 6) is 0. The van der Waals surface area contributed by atoms with Gasteiger partial charge in [-0.1, -0.05) is 44.9 Å². The molecule has 0 radical (unpaired) electrons. The summed E-state index contributed by atoms with van der Waals surface area (Å²) in [6.07, 6.45) is 16.4. The monoisotopic (exact) mass is 298 g/mol. The molecule has 0 bridgehead atoms. The molecule has 1 saturated heterocycles. The second-order valence-corrected chi connectivity index (χ2v) is 6.36. The SMILES string of the molecule is C1CCCCCNCCCCCOCCNCCCCC1. The molecule has 0 aromatic carbocycles. The van der Waals surface area contributed by atoms with Crippen LogP contribution in [0.15, 0.2) is 0 Å². The maximum atomic E-state index is 5.65. The molecule has 0 spiro atoms. The molecule has 0 unspecified atom stereocenters. The molecule has 2 N–H and O–H groups in total. The lowest BCUT2D eigenvalue weighted by Crippen LogP contribution is -2.21. The van der Waals surface area contributed by atoms with Crippen molar-refractivity contribution in [1.82, 2.24) is 10.6 Å². The van der Waals surface area contributed by atoms with Gasteiger partial charge in [-0.2, -0.15) is 0 Å². The van der Waals surface area contributed by atoms with Crippen molar-refractivity contribution in [2.24, 2.45) is 0 Å². The van der Waals surface area contributed by atoms with Gasteiger partial charge >= 0.3 is 0 Å². The molecule has 1 aliphatic rings. The van der Waals surface area contributed by atoms with Crippen molar-refractivity contribution >= 4 is 0 Å². The Hall–Kier alpha value is -0.120. The quantitative estimate of drug-likeness (QED) is 0.712. The van der Waals surface area contributed by atoms with Gasteiger partial charge in [-0.15, -0.1) is 0 Å². The van der Waals surface area contributed by atoms with Crippen LogP contribution in [0.3, 0.4) is 0 Å². The normalized spacial score (nSPS) is 24.0. The van der Waals surface area contributed by atoms with E-state index in [-0.39, 0.29) is 0 Å². The van der Waals surface area contributed by atoms with Gasteiger partial charge in [0.2, 0.25) is 0 Å². The highest BCUT2D eigenvalue weighted by Crippen LogP contribution is 2.09. The lowest BCUT2D eigenvalue weighted by atomic mass is 10.1. The van der Waals surface area contributed by atoms with Crippen molar-refractivity contribution in [1.29, 1.82) is 0 Å². The third-order valence-corrected chi connectivity index (χ3v) is 4.27. The summed E-state index contributed by atoms with van der Waals surface area (Å²) in [7, 11) is 0. The first kappa shape index (κ1) is 18.9. The average molecular weight is 299 g/mol. The predicted molar refractivity (Wildman–Crippen MR) is 92.0 cm³/mol. The highest BCUT2D eigenvalue weighted by Gasteiger charge is 1.95. The zero-order chi connectivity index (χ0) is 14.8. The molecule has 0 atom stereocenters. The maximum absolute atomic E-state index is 5.65. The van der Waals surface area contributed by atoms with Gasteiger partial charge in [0.1, 0.15) is 0 Å². The van der Waals surface area contributed by atoms with Crippen LogP contribution in [0.1, 0.15) is 77.0 Å². The lowest BCUT2D eigenvalue weighted by Gasteiger charge is -2.06. The zero-order valence-electron chi connectivity index (χ0n) is 14.1. The van der Waals surface area contributed by atoms with Crippen molar-refractivity contribution < 1.29 is 4.74 Å². The van der Waals surface area contributed by atoms with Gasteiger partial charge in [0.05, 0.1) is 6.61 Å². The predicted octanol–water partition coefficient (Wildman–Crippen LogP) is 3.88. The summed E-state index contributed by atoms with van der Waals surface area (Å²) in [5, 5.41) is 7.05. The highest BCUT2D eigenvalue weighted by atomic mass is 16.5. The lowest BCUT2D eigenvalue weighted by molar-refractivity contribution is 0.131. The van der Waals surface area contributed by atoms with Crippen LogP contribution in [0.25, 0.3) is 0 Å². The van der Waals surface area contributed by atoms with Crippen molar-refractivity contribution in [2.45, 2.75) is 77.0 Å². The molecular formula is C18H38N2O. The molecule has 21 heavy (non-hydrogen) atoms. The smallest absolute Gasteiger partial charge is 0.0590 e. The van der Waals surface area contributed by atoms with Crippen LogP contribution in [-0.4, -0.2) is 39.4 Å². The van der Waals surface area contributed by atoms with Gasteiger partial charge in [-0.05, 0) is 51.7 Å². The summed E-state index contributed by atoms with van der Waals surface area (Å²) >= 11 is 0. The molecule has 1 heterocycles. The standard InChI is InChI=1S/C18H38N2O/c1-2-4-6-9-13-19-14-11-8-12-17-21-18-16-20-15-10-7-5-3-1/h19-20H,1-18H2. The van der Waals surface area contributed by atoms with E-state index in [4.69, 9.17) is 4.74 Å². The Labute approximate surface area is 132 Å². The fourth-order valence-electron chi connectivity index (χ4n) is 2.86. The first-order valence-corrected chi connectivity index (χ1v) is 9.49. The number of ether oxygens (including phenoxy) is 1. The molecular weight excluding hydrogens is 260 g/mol. The van der Waals surface area contributed by atoms with Gasteiger partial charge < -0.3 is 15.4 Å². The van der Waals surface area contributed by atoms with E-state index < -0.39 is 0 Å².